The second kappa shape index (κ2) is 3.96. The molecule has 0 aliphatic carbocycles. The highest BCUT2D eigenvalue weighted by molar-refractivity contribution is 5.98. The number of benzene rings is 1. The Kier molecular flexibility index (Phi) is 2.30. The van der Waals surface area contributed by atoms with Gasteiger partial charge in [-0.25, -0.2) is 14.8 Å². The first-order valence-electron chi connectivity index (χ1n) is 5.38. The Morgan fingerprint density at radius 2 is 2.11 bits per heavy atom. The number of pyridine rings is 1. The highest BCUT2D eigenvalue weighted by Gasteiger charge is 2.16. The van der Waals surface area contributed by atoms with Crippen molar-refractivity contribution < 1.29 is 9.90 Å². The average molecular weight is 239 g/mol. The van der Waals surface area contributed by atoms with Crippen LogP contribution in [-0.4, -0.2) is 26.0 Å². The third kappa shape index (κ3) is 1.62. The highest BCUT2D eigenvalue weighted by Crippen LogP contribution is 2.23. The van der Waals surface area contributed by atoms with Gasteiger partial charge in [0.2, 0.25) is 0 Å². The number of H-pyrrole nitrogens is 1. The quantitative estimate of drug-likeness (QED) is 0.719. The maximum atomic E-state index is 11.3. The van der Waals surface area contributed by atoms with Crippen LogP contribution in [0, 0.1) is 0 Å². The first kappa shape index (κ1) is 10.5. The molecule has 0 aliphatic rings. The van der Waals surface area contributed by atoms with Crippen LogP contribution in [0.1, 0.15) is 10.4 Å². The number of hydrogen-bond acceptors (Lipinski definition) is 3. The minimum atomic E-state index is -1.01. The average Bonchev–Trinajstić information content (AvgIpc) is 2.91. The van der Waals surface area contributed by atoms with Gasteiger partial charge in [-0.2, -0.15) is 0 Å². The van der Waals surface area contributed by atoms with Crippen LogP contribution < -0.4 is 0 Å². The molecule has 0 bridgehead atoms. The molecule has 5 heteroatoms. The number of carboxylic acid groups (broad SMARTS) is 1. The van der Waals surface area contributed by atoms with Gasteiger partial charge in [-0.1, -0.05) is 18.2 Å². The van der Waals surface area contributed by atoms with Gasteiger partial charge in [-0.15, -0.1) is 0 Å². The lowest BCUT2D eigenvalue weighted by Gasteiger charge is -2.05. The van der Waals surface area contributed by atoms with Crippen molar-refractivity contribution >= 4 is 16.9 Å². The molecular weight excluding hydrogens is 230 g/mol. The predicted molar refractivity (Wildman–Crippen MR) is 66.3 cm³/mol. The Bertz CT molecular complexity index is 720. The summed E-state index contributed by atoms with van der Waals surface area (Å²) in [5.74, 6) is -0.558. The molecule has 0 spiro atoms. The monoisotopic (exact) mass is 239 g/mol. The number of para-hydroxylation sites is 1. The second-order valence-corrected chi connectivity index (χ2v) is 3.82. The smallest absolute Gasteiger partial charge is 0.338 e. The Hall–Kier alpha value is -2.69. The van der Waals surface area contributed by atoms with E-state index in [0.717, 1.165) is 10.9 Å². The zero-order valence-electron chi connectivity index (χ0n) is 9.29. The van der Waals surface area contributed by atoms with Crippen molar-refractivity contribution in [3.63, 3.8) is 0 Å². The van der Waals surface area contributed by atoms with E-state index in [1.807, 2.05) is 24.3 Å². The van der Waals surface area contributed by atoms with Crippen LogP contribution in [0.2, 0.25) is 0 Å². The topological polar surface area (TPSA) is 78.9 Å². The Labute approximate surface area is 102 Å². The van der Waals surface area contributed by atoms with Crippen molar-refractivity contribution in [3.8, 4) is 11.5 Å². The van der Waals surface area contributed by atoms with Crippen LogP contribution in [0.5, 0.6) is 0 Å². The van der Waals surface area contributed by atoms with Crippen molar-refractivity contribution in [2.75, 3.05) is 0 Å². The van der Waals surface area contributed by atoms with Crippen LogP contribution in [0.15, 0.2) is 42.7 Å². The zero-order chi connectivity index (χ0) is 12.5. The zero-order valence-corrected chi connectivity index (χ0v) is 9.29. The molecule has 0 aliphatic heterocycles. The minimum Gasteiger partial charge on any atom is -0.478 e. The van der Waals surface area contributed by atoms with E-state index in [2.05, 4.69) is 15.0 Å². The third-order valence-electron chi connectivity index (χ3n) is 2.68. The van der Waals surface area contributed by atoms with Crippen LogP contribution in [0.25, 0.3) is 22.4 Å². The van der Waals surface area contributed by atoms with Crippen LogP contribution >= 0.6 is 0 Å². The molecule has 88 valence electrons. The van der Waals surface area contributed by atoms with E-state index in [1.165, 1.54) is 0 Å². The molecule has 5 nitrogen and oxygen atoms in total. The highest BCUT2D eigenvalue weighted by atomic mass is 16.4. The summed E-state index contributed by atoms with van der Waals surface area (Å²) in [5.41, 5.74) is 1.24. The van der Waals surface area contributed by atoms with Crippen molar-refractivity contribution in [2.24, 2.45) is 0 Å². The standard InChI is InChI=1S/C13H9N3O2/c17-13(18)9-7-8-3-1-2-4-10(8)16-11(9)12-14-5-6-15-12/h1-7H,(H,14,15)(H,17,18). The fourth-order valence-corrected chi connectivity index (χ4v) is 1.85. The Morgan fingerprint density at radius 3 is 2.83 bits per heavy atom. The number of hydrogen-bond donors (Lipinski definition) is 2. The lowest BCUT2D eigenvalue weighted by molar-refractivity contribution is 0.0697. The minimum absolute atomic E-state index is 0.142. The van der Waals surface area contributed by atoms with Crippen molar-refractivity contribution in [1.29, 1.82) is 0 Å². The summed E-state index contributed by atoms with van der Waals surface area (Å²) in [7, 11) is 0. The SMILES string of the molecule is O=C(O)c1cc2ccccc2nc1-c1ncc[nH]1. The predicted octanol–water partition coefficient (Wildman–Crippen LogP) is 2.32. The molecule has 0 unspecified atom stereocenters. The van der Waals surface area contributed by atoms with Gasteiger partial charge in [0.1, 0.15) is 5.69 Å². The Balaban J connectivity index is 2.34. The molecule has 0 saturated heterocycles. The van der Waals surface area contributed by atoms with Gasteiger partial charge in [-0.05, 0) is 12.1 Å². The number of aromatic carboxylic acids is 1. The molecule has 3 rings (SSSR count). The number of aromatic amines is 1. The maximum absolute atomic E-state index is 11.3. The maximum Gasteiger partial charge on any atom is 0.338 e. The molecule has 2 heterocycles. The first-order valence-corrected chi connectivity index (χ1v) is 5.38. The molecule has 2 N–H and O–H groups in total. The Morgan fingerprint density at radius 1 is 1.28 bits per heavy atom. The number of fused-ring (bicyclic) bond motifs is 1. The van der Waals surface area contributed by atoms with Gasteiger partial charge >= 0.3 is 5.97 Å². The number of nitrogens with zero attached hydrogens (tertiary/aromatic N) is 2. The largest absolute Gasteiger partial charge is 0.478 e. The lowest BCUT2D eigenvalue weighted by Crippen LogP contribution is -2.03. The van der Waals surface area contributed by atoms with E-state index < -0.39 is 5.97 Å². The molecule has 3 aromatic rings. The summed E-state index contributed by atoms with van der Waals surface area (Å²) in [4.78, 5) is 22.6. The summed E-state index contributed by atoms with van der Waals surface area (Å²) in [6, 6.07) is 9.00. The van der Waals surface area contributed by atoms with Crippen LogP contribution in [0.3, 0.4) is 0 Å². The first-order chi connectivity index (χ1) is 8.75. The molecule has 0 saturated carbocycles. The summed E-state index contributed by atoms with van der Waals surface area (Å²) in [6.07, 6.45) is 3.20. The second-order valence-electron chi connectivity index (χ2n) is 3.82. The van der Waals surface area contributed by atoms with Gasteiger partial charge in [0.15, 0.2) is 5.82 Å². The number of imidazole rings is 1. The molecule has 18 heavy (non-hydrogen) atoms. The van der Waals surface area contributed by atoms with Gasteiger partial charge in [0.25, 0.3) is 0 Å². The normalized spacial score (nSPS) is 10.7. The number of aromatic nitrogens is 3. The van der Waals surface area contributed by atoms with E-state index in [4.69, 9.17) is 0 Å². The number of carbonyl (C=O) groups is 1. The van der Waals surface area contributed by atoms with Gasteiger partial charge in [-0.3, -0.25) is 0 Å². The third-order valence-corrected chi connectivity index (χ3v) is 2.68. The van der Waals surface area contributed by atoms with Crippen molar-refractivity contribution in [2.45, 2.75) is 0 Å². The van der Waals surface area contributed by atoms with Crippen molar-refractivity contribution in [3.05, 3.63) is 48.3 Å². The van der Waals surface area contributed by atoms with E-state index >= 15 is 0 Å². The van der Waals surface area contributed by atoms with Crippen LogP contribution in [-0.2, 0) is 0 Å². The molecule has 0 atom stereocenters. The number of nitrogens with one attached hydrogen (secondary N) is 1. The summed E-state index contributed by atoms with van der Waals surface area (Å²) in [5, 5.41) is 10.0. The molecule has 0 fully saturated rings. The van der Waals surface area contributed by atoms with Gasteiger partial charge < -0.3 is 10.1 Å². The van der Waals surface area contributed by atoms with E-state index in [-0.39, 0.29) is 5.56 Å². The number of carboxylic acids is 1. The number of rotatable bonds is 2. The van der Waals surface area contributed by atoms with E-state index in [9.17, 15) is 9.90 Å². The van der Waals surface area contributed by atoms with E-state index in [1.54, 1.807) is 18.5 Å². The van der Waals surface area contributed by atoms with Gasteiger partial charge in [0, 0.05) is 17.8 Å². The molecule has 0 amide bonds. The van der Waals surface area contributed by atoms with Crippen molar-refractivity contribution in [1.82, 2.24) is 15.0 Å². The fraction of sp³-hybridized carbons (Fsp3) is 0. The molecule has 0 radical (unpaired) electrons. The lowest BCUT2D eigenvalue weighted by atomic mass is 10.1. The van der Waals surface area contributed by atoms with E-state index in [0.29, 0.717) is 11.5 Å². The molecular formula is C13H9N3O2. The van der Waals surface area contributed by atoms with Crippen LogP contribution in [0.4, 0.5) is 0 Å². The van der Waals surface area contributed by atoms with Gasteiger partial charge in [0.05, 0.1) is 11.1 Å². The molecule has 2 aromatic heterocycles. The molecule has 1 aromatic carbocycles. The summed E-state index contributed by atoms with van der Waals surface area (Å²) < 4.78 is 0. The summed E-state index contributed by atoms with van der Waals surface area (Å²) >= 11 is 0. The summed E-state index contributed by atoms with van der Waals surface area (Å²) in [6.45, 7) is 0. The fourth-order valence-electron chi connectivity index (χ4n) is 1.85.